The Labute approximate surface area is 261 Å². The maximum Gasteiger partial charge on any atom is 0.246 e. The topological polar surface area (TPSA) is 99.7 Å². The van der Waals surface area contributed by atoms with Crippen LogP contribution in [0.2, 0.25) is 0 Å². The molecule has 5 aromatic rings. The molecule has 6 rings (SSSR count). The number of nitrogens with one attached hydrogen (secondary N) is 1. The number of piperazine rings is 1. The maximum absolute atomic E-state index is 14.3. The number of hydrogen-bond acceptors (Lipinski definition) is 5. The zero-order valence-electron chi connectivity index (χ0n) is 24.3. The lowest BCUT2D eigenvalue weighted by Crippen LogP contribution is -2.61. The highest BCUT2D eigenvalue weighted by Crippen LogP contribution is 2.31. The Bertz CT molecular complexity index is 1880. The summed E-state index contributed by atoms with van der Waals surface area (Å²) in [5, 5.41) is 3.46. The molecule has 0 saturated carbocycles. The average Bonchev–Trinajstić information content (AvgIpc) is 3.08. The van der Waals surface area contributed by atoms with Gasteiger partial charge in [0.25, 0.3) is 0 Å². The van der Waals surface area contributed by atoms with E-state index in [1.807, 2.05) is 60.7 Å². The molecule has 1 aliphatic rings. The van der Waals surface area contributed by atoms with Crippen LogP contribution in [0.4, 0.5) is 4.39 Å². The molecule has 0 spiro atoms. The number of rotatable bonds is 8. The number of sulfonamides is 1. The first kappa shape index (κ1) is 30.1. The molecule has 1 unspecified atom stereocenters. The molecule has 0 aliphatic carbocycles. The van der Waals surface area contributed by atoms with Crippen molar-refractivity contribution >= 4 is 32.7 Å². The van der Waals surface area contributed by atoms with Gasteiger partial charge in [-0.05, 0) is 41.0 Å². The van der Waals surface area contributed by atoms with Crippen LogP contribution in [0.5, 0.6) is 0 Å². The number of hydrogen-bond donors (Lipinski definition) is 1. The van der Waals surface area contributed by atoms with Crippen molar-refractivity contribution in [3.05, 3.63) is 144 Å². The van der Waals surface area contributed by atoms with Crippen molar-refractivity contribution in [2.24, 2.45) is 0 Å². The Morgan fingerprint density at radius 3 is 2.13 bits per heavy atom. The molecule has 1 N–H and O–H groups in total. The van der Waals surface area contributed by atoms with Crippen LogP contribution in [-0.2, 0) is 26.2 Å². The van der Waals surface area contributed by atoms with Gasteiger partial charge in [-0.1, -0.05) is 91.0 Å². The van der Waals surface area contributed by atoms with Gasteiger partial charge < -0.3 is 10.2 Å². The van der Waals surface area contributed by atoms with Gasteiger partial charge in [-0.25, -0.2) is 12.8 Å². The van der Waals surface area contributed by atoms with E-state index in [2.05, 4.69) is 10.3 Å². The molecule has 1 aliphatic heterocycles. The Balaban J connectivity index is 1.34. The molecule has 0 bridgehead atoms. The SMILES string of the molecule is O=C(NCc1ccc(F)cc1)C1CN(C(=O)C(c2ccccc2)c2ccccc2)CCN1S(=O)(=O)c1cccc2cccnc12. The zero-order chi connectivity index (χ0) is 31.4. The van der Waals surface area contributed by atoms with Gasteiger partial charge in [-0.3, -0.25) is 14.6 Å². The standard InChI is InChI=1S/C35H31FN4O4S/c36-29-18-16-25(17-19-29)23-38-34(41)30-24-39(35(42)32(26-9-3-1-4-10-26)27-11-5-2-6-12-27)21-22-40(30)45(43,44)31-15-7-13-28-14-8-20-37-33(28)31/h1-20,30,32H,21-24H2,(H,38,41). The summed E-state index contributed by atoms with van der Waals surface area (Å²) in [6.07, 6.45) is 1.53. The smallest absolute Gasteiger partial charge is 0.246 e. The van der Waals surface area contributed by atoms with E-state index in [1.54, 1.807) is 41.3 Å². The summed E-state index contributed by atoms with van der Waals surface area (Å²) in [7, 11) is -4.22. The summed E-state index contributed by atoms with van der Waals surface area (Å²) in [6, 6.07) is 31.6. The lowest BCUT2D eigenvalue weighted by atomic mass is 9.89. The van der Waals surface area contributed by atoms with Crippen LogP contribution in [0.25, 0.3) is 10.9 Å². The fraction of sp³-hybridized carbons (Fsp3) is 0.171. The molecule has 1 atom stereocenters. The minimum absolute atomic E-state index is 0.0110. The first-order valence-corrected chi connectivity index (χ1v) is 16.0. The fourth-order valence-electron chi connectivity index (χ4n) is 5.74. The summed E-state index contributed by atoms with van der Waals surface area (Å²) in [5.41, 5.74) is 2.54. The monoisotopic (exact) mass is 622 g/mol. The Hall–Kier alpha value is -4.93. The van der Waals surface area contributed by atoms with Gasteiger partial charge >= 0.3 is 0 Å². The van der Waals surface area contributed by atoms with Crippen molar-refractivity contribution in [2.75, 3.05) is 19.6 Å². The molecule has 10 heteroatoms. The van der Waals surface area contributed by atoms with Crippen LogP contribution < -0.4 is 5.32 Å². The van der Waals surface area contributed by atoms with E-state index in [9.17, 15) is 22.4 Å². The first-order valence-electron chi connectivity index (χ1n) is 14.6. The number of benzene rings is 4. The van der Waals surface area contributed by atoms with Gasteiger partial charge in [-0.15, -0.1) is 0 Å². The van der Waals surface area contributed by atoms with E-state index in [0.717, 1.165) is 11.1 Å². The normalized spacial score (nSPS) is 15.7. The number of carbonyl (C=O) groups excluding carboxylic acids is 2. The van der Waals surface area contributed by atoms with Crippen molar-refractivity contribution in [1.82, 2.24) is 19.5 Å². The van der Waals surface area contributed by atoms with E-state index in [-0.39, 0.29) is 37.0 Å². The number of para-hydroxylation sites is 1. The van der Waals surface area contributed by atoms with E-state index >= 15 is 0 Å². The largest absolute Gasteiger partial charge is 0.351 e. The van der Waals surface area contributed by atoms with Gasteiger partial charge in [0.1, 0.15) is 16.8 Å². The van der Waals surface area contributed by atoms with Crippen LogP contribution in [0.1, 0.15) is 22.6 Å². The summed E-state index contributed by atoms with van der Waals surface area (Å²) >= 11 is 0. The molecule has 8 nitrogen and oxygen atoms in total. The second-order valence-corrected chi connectivity index (χ2v) is 12.7. The molecule has 1 aromatic heterocycles. The summed E-state index contributed by atoms with van der Waals surface area (Å²) in [5.74, 6) is -1.84. The Kier molecular flexibility index (Phi) is 8.68. The quantitative estimate of drug-likeness (QED) is 0.270. The highest BCUT2D eigenvalue weighted by atomic mass is 32.2. The van der Waals surface area contributed by atoms with Gasteiger partial charge in [0, 0.05) is 37.8 Å². The van der Waals surface area contributed by atoms with Crippen LogP contribution >= 0.6 is 0 Å². The predicted molar refractivity (Wildman–Crippen MR) is 169 cm³/mol. The van der Waals surface area contributed by atoms with E-state index < -0.39 is 33.7 Å². The minimum Gasteiger partial charge on any atom is -0.351 e. The number of pyridine rings is 1. The predicted octanol–water partition coefficient (Wildman–Crippen LogP) is 4.72. The summed E-state index contributed by atoms with van der Waals surface area (Å²) in [4.78, 5) is 34.0. The molecule has 1 saturated heterocycles. The summed E-state index contributed by atoms with van der Waals surface area (Å²) in [6.45, 7) is -0.0952. The molecule has 2 amide bonds. The van der Waals surface area contributed by atoms with E-state index in [1.165, 1.54) is 28.7 Å². The highest BCUT2D eigenvalue weighted by Gasteiger charge is 2.43. The Morgan fingerprint density at radius 2 is 1.47 bits per heavy atom. The highest BCUT2D eigenvalue weighted by molar-refractivity contribution is 7.89. The number of halogens is 1. The third-order valence-corrected chi connectivity index (χ3v) is 9.96. The third-order valence-electron chi connectivity index (χ3n) is 8.02. The van der Waals surface area contributed by atoms with E-state index in [4.69, 9.17) is 0 Å². The van der Waals surface area contributed by atoms with Gasteiger partial charge in [0.15, 0.2) is 0 Å². The molecular formula is C35H31FN4O4S. The summed E-state index contributed by atoms with van der Waals surface area (Å²) < 4.78 is 43.1. The Morgan fingerprint density at radius 1 is 0.822 bits per heavy atom. The zero-order valence-corrected chi connectivity index (χ0v) is 25.1. The number of amides is 2. The molecule has 228 valence electrons. The molecule has 1 fully saturated rings. The molecule has 2 heterocycles. The molecule has 4 aromatic carbocycles. The van der Waals surface area contributed by atoms with Crippen molar-refractivity contribution in [3.8, 4) is 0 Å². The third kappa shape index (κ3) is 6.33. The number of aromatic nitrogens is 1. The van der Waals surface area contributed by atoms with Crippen molar-refractivity contribution in [1.29, 1.82) is 0 Å². The molecule has 0 radical (unpaired) electrons. The van der Waals surface area contributed by atoms with E-state index in [0.29, 0.717) is 16.5 Å². The van der Waals surface area contributed by atoms with Crippen LogP contribution in [0, 0.1) is 5.82 Å². The van der Waals surface area contributed by atoms with Crippen LogP contribution in [0.15, 0.2) is 126 Å². The number of nitrogens with zero attached hydrogens (tertiary/aromatic N) is 3. The second-order valence-electron chi connectivity index (χ2n) is 10.8. The minimum atomic E-state index is -4.22. The maximum atomic E-state index is 14.3. The van der Waals surface area contributed by atoms with Gasteiger partial charge in [-0.2, -0.15) is 4.31 Å². The molecule has 45 heavy (non-hydrogen) atoms. The number of carbonyl (C=O) groups is 2. The van der Waals surface area contributed by atoms with Gasteiger partial charge in [0.2, 0.25) is 21.8 Å². The lowest BCUT2D eigenvalue weighted by Gasteiger charge is -2.41. The lowest BCUT2D eigenvalue weighted by molar-refractivity contribution is -0.136. The first-order chi connectivity index (χ1) is 21.8. The van der Waals surface area contributed by atoms with Crippen molar-refractivity contribution in [3.63, 3.8) is 0 Å². The average molecular weight is 623 g/mol. The van der Waals surface area contributed by atoms with Gasteiger partial charge in [0.05, 0.1) is 11.4 Å². The fourth-order valence-corrected chi connectivity index (χ4v) is 7.48. The van der Waals surface area contributed by atoms with Crippen molar-refractivity contribution in [2.45, 2.75) is 23.4 Å². The van der Waals surface area contributed by atoms with Crippen LogP contribution in [0.3, 0.4) is 0 Å². The van der Waals surface area contributed by atoms with Crippen molar-refractivity contribution < 1.29 is 22.4 Å². The second kappa shape index (κ2) is 13.0. The molecular weight excluding hydrogens is 591 g/mol. The van der Waals surface area contributed by atoms with Crippen LogP contribution in [-0.4, -0.2) is 60.1 Å². The number of fused-ring (bicyclic) bond motifs is 1.